The van der Waals surface area contributed by atoms with E-state index in [1.165, 1.54) is 4.90 Å². The Balaban J connectivity index is 1.57. The van der Waals surface area contributed by atoms with Gasteiger partial charge >= 0.3 is 12.4 Å². The van der Waals surface area contributed by atoms with Crippen LogP contribution in [-0.2, 0) is 9.53 Å². The van der Waals surface area contributed by atoms with Crippen LogP contribution in [0.5, 0.6) is 0 Å². The molecule has 1 amide bonds. The molecule has 1 saturated heterocycles. The summed E-state index contributed by atoms with van der Waals surface area (Å²) in [4.78, 5) is 13.7. The Kier molecular flexibility index (Phi) is 5.56. The van der Waals surface area contributed by atoms with Gasteiger partial charge in [0.1, 0.15) is 6.04 Å². The number of carbonyl (C=O) groups excluding carboxylic acids is 1. The van der Waals surface area contributed by atoms with E-state index in [0.717, 1.165) is 0 Å². The average Bonchev–Trinajstić information content (AvgIpc) is 3.23. The Morgan fingerprint density at radius 3 is 2.74 bits per heavy atom. The fourth-order valence-corrected chi connectivity index (χ4v) is 2.85. The maximum Gasteiger partial charge on any atom is 0.522 e. The van der Waals surface area contributed by atoms with Crippen molar-refractivity contribution in [2.45, 2.75) is 31.9 Å². The highest BCUT2D eigenvalue weighted by Crippen LogP contribution is 2.25. The summed E-state index contributed by atoms with van der Waals surface area (Å²) < 4.78 is 46.3. The van der Waals surface area contributed by atoms with Gasteiger partial charge in [-0.15, -0.1) is 18.3 Å². The van der Waals surface area contributed by atoms with Crippen LogP contribution in [0.25, 0.3) is 11.5 Å². The van der Waals surface area contributed by atoms with E-state index in [1.807, 2.05) is 0 Å². The van der Waals surface area contributed by atoms with E-state index in [2.05, 4.69) is 20.3 Å². The third-order valence-corrected chi connectivity index (χ3v) is 4.24. The van der Waals surface area contributed by atoms with Gasteiger partial charge in [0.15, 0.2) is 0 Å². The Bertz CT molecular complexity index is 797. The van der Waals surface area contributed by atoms with E-state index in [-0.39, 0.29) is 37.3 Å². The third-order valence-electron chi connectivity index (χ3n) is 3.98. The zero-order chi connectivity index (χ0) is 19.6. The molecule has 1 fully saturated rings. The van der Waals surface area contributed by atoms with E-state index < -0.39 is 18.5 Å². The molecule has 0 saturated carbocycles. The largest absolute Gasteiger partial charge is 0.522 e. The monoisotopic (exact) mass is 404 g/mol. The SMILES string of the molecule is C[C@@H](Nc1nnc(-c2ccc(Cl)cc2)o1)C(=O)N1CC[C@@H](OC(F)(F)F)C1. The predicted molar refractivity (Wildman–Crippen MR) is 90.0 cm³/mol. The highest BCUT2D eigenvalue weighted by atomic mass is 35.5. The maximum atomic E-state index is 12.4. The molecular formula is C16H16ClF3N4O3. The van der Waals surface area contributed by atoms with Crippen LogP contribution in [0, 0.1) is 0 Å². The number of anilines is 1. The van der Waals surface area contributed by atoms with Gasteiger partial charge in [0.25, 0.3) is 0 Å². The number of rotatable bonds is 5. The molecule has 11 heteroatoms. The van der Waals surface area contributed by atoms with E-state index in [9.17, 15) is 18.0 Å². The molecule has 27 heavy (non-hydrogen) atoms. The maximum absolute atomic E-state index is 12.4. The van der Waals surface area contributed by atoms with Crippen LogP contribution in [0.15, 0.2) is 28.7 Å². The first-order valence-corrected chi connectivity index (χ1v) is 8.48. The number of benzene rings is 1. The number of nitrogens with one attached hydrogen (secondary N) is 1. The molecular weight excluding hydrogens is 389 g/mol. The Morgan fingerprint density at radius 1 is 1.37 bits per heavy atom. The van der Waals surface area contributed by atoms with Crippen molar-refractivity contribution in [3.63, 3.8) is 0 Å². The molecule has 0 radical (unpaired) electrons. The van der Waals surface area contributed by atoms with Crippen molar-refractivity contribution in [1.29, 1.82) is 0 Å². The van der Waals surface area contributed by atoms with Gasteiger partial charge in [0.2, 0.25) is 11.8 Å². The first-order valence-electron chi connectivity index (χ1n) is 8.10. The molecule has 1 aliphatic rings. The standard InChI is InChI=1S/C16H16ClF3N4O3/c1-9(14(25)24-7-6-12(8-24)27-16(18,19)20)21-15-23-22-13(26-15)10-2-4-11(17)5-3-10/h2-5,9,12H,6-8H2,1H3,(H,21,23)/t9-,12-/m1/s1. The van der Waals surface area contributed by atoms with Crippen molar-refractivity contribution in [1.82, 2.24) is 15.1 Å². The number of aromatic nitrogens is 2. The van der Waals surface area contributed by atoms with Gasteiger partial charge in [-0.05, 0) is 37.6 Å². The third kappa shape index (κ3) is 5.10. The number of ether oxygens (including phenoxy) is 1. The first kappa shape index (κ1) is 19.4. The summed E-state index contributed by atoms with van der Waals surface area (Å²) in [6, 6.07) is 6.04. The topological polar surface area (TPSA) is 80.5 Å². The van der Waals surface area contributed by atoms with Crippen molar-refractivity contribution in [2.75, 3.05) is 18.4 Å². The molecule has 1 N–H and O–H groups in total. The minimum absolute atomic E-state index is 0.0306. The van der Waals surface area contributed by atoms with Crippen LogP contribution in [0.2, 0.25) is 5.02 Å². The molecule has 1 aromatic carbocycles. The molecule has 0 aliphatic carbocycles. The summed E-state index contributed by atoms with van der Waals surface area (Å²) in [6.07, 6.45) is -5.64. The van der Waals surface area contributed by atoms with Crippen molar-refractivity contribution >= 4 is 23.5 Å². The Morgan fingerprint density at radius 2 is 2.07 bits per heavy atom. The van der Waals surface area contributed by atoms with Gasteiger partial charge in [-0.3, -0.25) is 9.53 Å². The lowest BCUT2D eigenvalue weighted by atomic mass is 10.2. The van der Waals surface area contributed by atoms with Gasteiger partial charge in [0, 0.05) is 23.7 Å². The number of hydrogen-bond donors (Lipinski definition) is 1. The molecule has 7 nitrogen and oxygen atoms in total. The Hall–Kier alpha value is -2.33. The Labute approximate surface area is 157 Å². The lowest BCUT2D eigenvalue weighted by Crippen LogP contribution is -2.41. The zero-order valence-corrected chi connectivity index (χ0v) is 14.9. The fraction of sp³-hybridized carbons (Fsp3) is 0.438. The second-order valence-electron chi connectivity index (χ2n) is 6.04. The van der Waals surface area contributed by atoms with Gasteiger partial charge in [-0.25, -0.2) is 0 Å². The summed E-state index contributed by atoms with van der Waals surface area (Å²) in [5.41, 5.74) is 0.658. The average molecular weight is 405 g/mol. The van der Waals surface area contributed by atoms with E-state index in [1.54, 1.807) is 31.2 Å². The van der Waals surface area contributed by atoms with Gasteiger partial charge in [0.05, 0.1) is 6.10 Å². The molecule has 2 atom stereocenters. The van der Waals surface area contributed by atoms with Gasteiger partial charge < -0.3 is 14.6 Å². The van der Waals surface area contributed by atoms with Crippen LogP contribution in [0.3, 0.4) is 0 Å². The highest BCUT2D eigenvalue weighted by Gasteiger charge is 2.38. The number of halogens is 4. The van der Waals surface area contributed by atoms with Gasteiger partial charge in [-0.1, -0.05) is 16.7 Å². The number of likely N-dealkylation sites (tertiary alicyclic amines) is 1. The molecule has 146 valence electrons. The molecule has 0 bridgehead atoms. The normalized spacial score (nSPS) is 18.6. The quantitative estimate of drug-likeness (QED) is 0.823. The molecule has 3 rings (SSSR count). The molecule has 2 aromatic rings. The summed E-state index contributed by atoms with van der Waals surface area (Å²) >= 11 is 5.82. The lowest BCUT2D eigenvalue weighted by Gasteiger charge is -2.21. The van der Waals surface area contributed by atoms with Crippen LogP contribution in [0.1, 0.15) is 13.3 Å². The van der Waals surface area contributed by atoms with Crippen LogP contribution < -0.4 is 5.32 Å². The van der Waals surface area contributed by atoms with Gasteiger partial charge in [-0.2, -0.15) is 0 Å². The fourth-order valence-electron chi connectivity index (χ4n) is 2.73. The molecule has 0 spiro atoms. The summed E-state index contributed by atoms with van der Waals surface area (Å²) in [7, 11) is 0. The van der Waals surface area contributed by atoms with Crippen LogP contribution in [0.4, 0.5) is 19.2 Å². The van der Waals surface area contributed by atoms with Crippen molar-refractivity contribution in [2.24, 2.45) is 0 Å². The minimum atomic E-state index is -4.71. The van der Waals surface area contributed by atoms with E-state index >= 15 is 0 Å². The minimum Gasteiger partial charge on any atom is -0.403 e. The molecule has 0 unspecified atom stereocenters. The summed E-state index contributed by atoms with van der Waals surface area (Å²) in [5.74, 6) is -0.136. The van der Waals surface area contributed by atoms with E-state index in [4.69, 9.17) is 16.0 Å². The zero-order valence-electron chi connectivity index (χ0n) is 14.2. The second kappa shape index (κ2) is 7.73. The van der Waals surface area contributed by atoms with Crippen LogP contribution in [-0.4, -0.2) is 52.6 Å². The van der Waals surface area contributed by atoms with Crippen molar-refractivity contribution < 1.29 is 27.1 Å². The second-order valence-corrected chi connectivity index (χ2v) is 6.48. The van der Waals surface area contributed by atoms with E-state index in [0.29, 0.717) is 10.6 Å². The number of nitrogens with zero attached hydrogens (tertiary/aromatic N) is 3. The predicted octanol–water partition coefficient (Wildman–Crippen LogP) is 3.33. The number of hydrogen-bond acceptors (Lipinski definition) is 6. The van der Waals surface area contributed by atoms with Crippen molar-refractivity contribution in [3.8, 4) is 11.5 Å². The molecule has 1 aliphatic heterocycles. The smallest absolute Gasteiger partial charge is 0.403 e. The van der Waals surface area contributed by atoms with Crippen LogP contribution >= 0.6 is 11.6 Å². The summed E-state index contributed by atoms with van der Waals surface area (Å²) in [6.45, 7) is 1.63. The van der Waals surface area contributed by atoms with Crippen molar-refractivity contribution in [3.05, 3.63) is 29.3 Å². The first-order chi connectivity index (χ1) is 12.7. The number of carbonyl (C=O) groups is 1. The summed E-state index contributed by atoms with van der Waals surface area (Å²) in [5, 5.41) is 11.0. The highest BCUT2D eigenvalue weighted by molar-refractivity contribution is 6.30. The number of alkyl halides is 3. The lowest BCUT2D eigenvalue weighted by molar-refractivity contribution is -0.340. The number of amides is 1. The molecule has 1 aromatic heterocycles. The molecule has 2 heterocycles.